The van der Waals surface area contributed by atoms with Crippen LogP contribution in [0.3, 0.4) is 0 Å². The van der Waals surface area contributed by atoms with Crippen molar-refractivity contribution in [3.8, 4) is 0 Å². The number of nitrogens with one attached hydrogen (secondary N) is 1. The normalized spacial score (nSPS) is 12.1. The van der Waals surface area contributed by atoms with E-state index in [4.69, 9.17) is 0 Å². The lowest BCUT2D eigenvalue weighted by Crippen LogP contribution is -2.30. The number of carbonyl (C=O) groups excluding carboxylic acids is 1. The van der Waals surface area contributed by atoms with Gasteiger partial charge >= 0.3 is 0 Å². The number of aliphatic hydroxyl groups excluding tert-OH is 1. The molecule has 19 heavy (non-hydrogen) atoms. The zero-order valence-corrected chi connectivity index (χ0v) is 11.6. The lowest BCUT2D eigenvalue weighted by atomic mass is 10.1. The predicted molar refractivity (Wildman–Crippen MR) is 77.4 cm³/mol. The summed E-state index contributed by atoms with van der Waals surface area (Å²) in [6, 6.07) is 11.1. The Hall–Kier alpha value is -1.65. The molecule has 1 aromatic carbocycles. The van der Waals surface area contributed by atoms with Crippen molar-refractivity contribution in [1.82, 2.24) is 5.32 Å². The minimum Gasteiger partial charge on any atom is -0.394 e. The van der Waals surface area contributed by atoms with E-state index in [0.29, 0.717) is 0 Å². The fourth-order valence-electron chi connectivity index (χ4n) is 1.96. The van der Waals surface area contributed by atoms with Gasteiger partial charge in [-0.2, -0.15) is 0 Å². The van der Waals surface area contributed by atoms with E-state index in [1.165, 1.54) is 11.3 Å². The predicted octanol–water partition coefficient (Wildman–Crippen LogP) is 2.77. The molecule has 0 saturated carbocycles. The molecule has 1 atom stereocenters. The highest BCUT2D eigenvalue weighted by Gasteiger charge is 2.17. The van der Waals surface area contributed by atoms with Crippen LogP contribution < -0.4 is 5.32 Å². The molecule has 0 saturated heterocycles. The van der Waals surface area contributed by atoms with Gasteiger partial charge in [0.1, 0.15) is 0 Å². The summed E-state index contributed by atoms with van der Waals surface area (Å²) in [5.74, 6) is -0.116. The van der Waals surface area contributed by atoms with Crippen molar-refractivity contribution in [1.29, 1.82) is 0 Å². The van der Waals surface area contributed by atoms with Crippen molar-refractivity contribution in [2.45, 2.75) is 19.4 Å². The van der Waals surface area contributed by atoms with E-state index in [0.717, 1.165) is 22.4 Å². The quantitative estimate of drug-likeness (QED) is 0.881. The van der Waals surface area contributed by atoms with E-state index in [2.05, 4.69) is 5.32 Å². The van der Waals surface area contributed by atoms with Crippen LogP contribution in [0.2, 0.25) is 0 Å². The first-order valence-electron chi connectivity index (χ1n) is 6.29. The van der Waals surface area contributed by atoms with Gasteiger partial charge in [-0.1, -0.05) is 37.3 Å². The fourth-order valence-corrected chi connectivity index (χ4v) is 2.85. The van der Waals surface area contributed by atoms with Crippen molar-refractivity contribution in [3.05, 3.63) is 57.8 Å². The van der Waals surface area contributed by atoms with Crippen LogP contribution in [0.1, 0.15) is 33.8 Å². The third-order valence-corrected chi connectivity index (χ3v) is 3.98. The monoisotopic (exact) mass is 275 g/mol. The number of carbonyl (C=O) groups is 1. The molecule has 4 heteroatoms. The molecule has 1 heterocycles. The Kier molecular flexibility index (Phi) is 4.71. The smallest absolute Gasteiger partial charge is 0.262 e. The third kappa shape index (κ3) is 3.22. The van der Waals surface area contributed by atoms with Crippen LogP contribution in [0.5, 0.6) is 0 Å². The fraction of sp³-hybridized carbons (Fsp3) is 0.267. The number of aliphatic hydroxyl groups is 1. The van der Waals surface area contributed by atoms with Gasteiger partial charge in [0.05, 0.1) is 17.5 Å². The molecule has 1 amide bonds. The number of hydrogen-bond acceptors (Lipinski definition) is 3. The number of thiophene rings is 1. The Morgan fingerprint density at radius 1 is 1.32 bits per heavy atom. The van der Waals surface area contributed by atoms with Crippen molar-refractivity contribution < 1.29 is 9.90 Å². The molecule has 0 spiro atoms. The van der Waals surface area contributed by atoms with Crippen LogP contribution in [-0.4, -0.2) is 17.6 Å². The number of rotatable bonds is 5. The molecule has 2 N–H and O–H groups in total. The van der Waals surface area contributed by atoms with Gasteiger partial charge in [0.2, 0.25) is 0 Å². The third-order valence-electron chi connectivity index (χ3n) is 3.02. The van der Waals surface area contributed by atoms with E-state index in [1.807, 2.05) is 48.7 Å². The van der Waals surface area contributed by atoms with E-state index in [9.17, 15) is 9.90 Å². The first-order chi connectivity index (χ1) is 9.26. The van der Waals surface area contributed by atoms with Gasteiger partial charge in [-0.05, 0) is 29.0 Å². The molecule has 0 bridgehead atoms. The lowest BCUT2D eigenvalue weighted by Gasteiger charge is -2.16. The SMILES string of the molecule is CCc1ccsc1C(=O)N[C@@H](CO)c1ccccc1. The van der Waals surface area contributed by atoms with Crippen LogP contribution in [0.4, 0.5) is 0 Å². The maximum atomic E-state index is 12.2. The molecule has 0 unspecified atom stereocenters. The Bertz CT molecular complexity index is 536. The second kappa shape index (κ2) is 6.50. The van der Waals surface area contributed by atoms with Gasteiger partial charge in [0.25, 0.3) is 5.91 Å². The number of benzene rings is 1. The van der Waals surface area contributed by atoms with Gasteiger partial charge in [-0.25, -0.2) is 0 Å². The minimum absolute atomic E-state index is 0.109. The molecule has 2 aromatic rings. The van der Waals surface area contributed by atoms with Crippen molar-refractivity contribution in [3.63, 3.8) is 0 Å². The maximum absolute atomic E-state index is 12.2. The molecule has 0 aliphatic rings. The highest BCUT2D eigenvalue weighted by atomic mass is 32.1. The highest BCUT2D eigenvalue weighted by molar-refractivity contribution is 7.12. The number of hydrogen-bond donors (Lipinski definition) is 2. The molecule has 0 aliphatic heterocycles. The van der Waals surface area contributed by atoms with E-state index < -0.39 is 0 Å². The Morgan fingerprint density at radius 2 is 2.05 bits per heavy atom. The Labute approximate surface area is 116 Å². The molecule has 0 aliphatic carbocycles. The molecule has 0 radical (unpaired) electrons. The largest absolute Gasteiger partial charge is 0.394 e. The summed E-state index contributed by atoms with van der Waals surface area (Å²) in [4.78, 5) is 12.9. The van der Waals surface area contributed by atoms with Gasteiger partial charge in [0, 0.05) is 0 Å². The first-order valence-corrected chi connectivity index (χ1v) is 7.17. The van der Waals surface area contributed by atoms with Crippen LogP contribution in [-0.2, 0) is 6.42 Å². The first kappa shape index (κ1) is 13.8. The summed E-state index contributed by atoms with van der Waals surface area (Å²) in [7, 11) is 0. The average molecular weight is 275 g/mol. The van der Waals surface area contributed by atoms with Crippen LogP contribution in [0.25, 0.3) is 0 Å². The van der Waals surface area contributed by atoms with Gasteiger partial charge in [-0.3, -0.25) is 4.79 Å². The van der Waals surface area contributed by atoms with E-state index >= 15 is 0 Å². The topological polar surface area (TPSA) is 49.3 Å². The molecular formula is C15H17NO2S. The summed E-state index contributed by atoms with van der Waals surface area (Å²) in [6.07, 6.45) is 0.835. The second-order valence-corrected chi connectivity index (χ2v) is 5.16. The van der Waals surface area contributed by atoms with Crippen molar-refractivity contribution in [2.24, 2.45) is 0 Å². The standard InChI is InChI=1S/C15H17NO2S/c1-2-11-8-9-19-14(11)15(18)16-13(10-17)12-6-4-3-5-7-12/h3-9,13,17H,2,10H2,1H3,(H,16,18)/t13-/m0/s1. The molecule has 2 rings (SSSR count). The van der Waals surface area contributed by atoms with E-state index in [-0.39, 0.29) is 18.6 Å². The zero-order valence-electron chi connectivity index (χ0n) is 10.8. The highest BCUT2D eigenvalue weighted by Crippen LogP contribution is 2.19. The summed E-state index contributed by atoms with van der Waals surface area (Å²) in [5, 5.41) is 14.2. The van der Waals surface area contributed by atoms with Crippen LogP contribution in [0, 0.1) is 0 Å². The summed E-state index contributed by atoms with van der Waals surface area (Å²) >= 11 is 1.44. The zero-order chi connectivity index (χ0) is 13.7. The van der Waals surface area contributed by atoms with Gasteiger partial charge in [0.15, 0.2) is 0 Å². The molecule has 1 aromatic heterocycles. The maximum Gasteiger partial charge on any atom is 0.262 e. The molecule has 0 fully saturated rings. The summed E-state index contributed by atoms with van der Waals surface area (Å²) < 4.78 is 0. The lowest BCUT2D eigenvalue weighted by molar-refractivity contribution is 0.0919. The van der Waals surface area contributed by atoms with Crippen LogP contribution in [0.15, 0.2) is 41.8 Å². The van der Waals surface area contributed by atoms with Gasteiger partial charge in [-0.15, -0.1) is 11.3 Å². The van der Waals surface area contributed by atoms with Crippen molar-refractivity contribution in [2.75, 3.05) is 6.61 Å². The Morgan fingerprint density at radius 3 is 2.68 bits per heavy atom. The molecule has 3 nitrogen and oxygen atoms in total. The molecule has 100 valence electrons. The minimum atomic E-state index is -0.361. The van der Waals surface area contributed by atoms with Gasteiger partial charge < -0.3 is 10.4 Å². The number of amides is 1. The summed E-state index contributed by atoms with van der Waals surface area (Å²) in [5.41, 5.74) is 1.96. The second-order valence-electron chi connectivity index (χ2n) is 4.25. The average Bonchev–Trinajstić information content (AvgIpc) is 2.94. The van der Waals surface area contributed by atoms with E-state index in [1.54, 1.807) is 0 Å². The van der Waals surface area contributed by atoms with Crippen molar-refractivity contribution >= 4 is 17.2 Å². The number of aryl methyl sites for hydroxylation is 1. The Balaban J connectivity index is 2.13. The summed E-state index contributed by atoms with van der Waals surface area (Å²) in [6.45, 7) is 1.92. The van der Waals surface area contributed by atoms with Crippen LogP contribution >= 0.6 is 11.3 Å². The molecular weight excluding hydrogens is 258 g/mol.